The van der Waals surface area contributed by atoms with Crippen LogP contribution in [0, 0.1) is 5.92 Å². The second kappa shape index (κ2) is 4.45. The lowest BCUT2D eigenvalue weighted by molar-refractivity contribution is 0.304. The van der Waals surface area contributed by atoms with Crippen LogP contribution >= 0.6 is 0 Å². The molecule has 1 aliphatic heterocycles. The largest absolute Gasteiger partial charge is 0.497 e. The van der Waals surface area contributed by atoms with E-state index in [1.807, 2.05) is 25.4 Å². The van der Waals surface area contributed by atoms with Crippen LogP contribution in [0.15, 0.2) is 40.8 Å². The zero-order chi connectivity index (χ0) is 10.7. The van der Waals surface area contributed by atoms with Crippen molar-refractivity contribution in [2.24, 2.45) is 10.9 Å². The predicted molar refractivity (Wildman–Crippen MR) is 61.8 cm³/mol. The average Bonchev–Trinajstić information content (AvgIpc) is 2.68. The van der Waals surface area contributed by atoms with Crippen molar-refractivity contribution in [3.05, 3.63) is 35.8 Å². The number of hydrogen-bond donors (Lipinski definition) is 1. The van der Waals surface area contributed by atoms with E-state index in [4.69, 9.17) is 4.74 Å². The highest BCUT2D eigenvalue weighted by Crippen LogP contribution is 2.29. The van der Waals surface area contributed by atoms with Gasteiger partial charge in [0.25, 0.3) is 0 Å². The topological polar surface area (TPSA) is 33.6 Å². The van der Waals surface area contributed by atoms with Crippen LogP contribution in [0.3, 0.4) is 0 Å². The highest BCUT2D eigenvalue weighted by Gasteiger charge is 2.23. The van der Waals surface area contributed by atoms with Crippen molar-refractivity contribution in [2.75, 3.05) is 20.7 Å². The van der Waals surface area contributed by atoms with Gasteiger partial charge in [-0.05, 0) is 43.8 Å². The predicted octanol–water partition coefficient (Wildman–Crippen LogP) is 1.65. The summed E-state index contributed by atoms with van der Waals surface area (Å²) < 4.78 is 5.23. The van der Waals surface area contributed by atoms with E-state index in [0.29, 0.717) is 5.92 Å². The molecule has 0 radical (unpaired) electrons. The van der Waals surface area contributed by atoms with Gasteiger partial charge in [-0.25, -0.2) is 0 Å². The van der Waals surface area contributed by atoms with Gasteiger partial charge in [0.2, 0.25) is 0 Å². The number of nitrogens with one attached hydrogen (secondary N) is 1. The maximum absolute atomic E-state index is 5.23. The van der Waals surface area contributed by atoms with E-state index in [1.165, 1.54) is 5.57 Å². The molecule has 80 valence electrons. The van der Waals surface area contributed by atoms with Gasteiger partial charge in [0.15, 0.2) is 0 Å². The molecule has 0 aromatic heterocycles. The van der Waals surface area contributed by atoms with E-state index in [9.17, 15) is 0 Å². The monoisotopic (exact) mass is 204 g/mol. The molecular weight excluding hydrogens is 188 g/mol. The van der Waals surface area contributed by atoms with Crippen molar-refractivity contribution in [3.63, 3.8) is 0 Å². The fraction of sp³-hybridized carbons (Fsp3) is 0.417. The molecule has 3 heteroatoms. The Kier molecular flexibility index (Phi) is 3.02. The molecule has 3 nitrogen and oxygen atoms in total. The van der Waals surface area contributed by atoms with Crippen LogP contribution in [0.4, 0.5) is 0 Å². The first-order chi connectivity index (χ1) is 7.35. The maximum atomic E-state index is 5.23. The summed E-state index contributed by atoms with van der Waals surface area (Å²) >= 11 is 0. The van der Waals surface area contributed by atoms with Gasteiger partial charge in [0.1, 0.15) is 5.76 Å². The minimum atomic E-state index is 0.332. The number of ether oxygens (including phenoxy) is 1. The SMILES string of the molecule is CNCCC1=CN=C2C=CC(OC)=CC12. The van der Waals surface area contributed by atoms with Crippen LogP contribution in [-0.2, 0) is 4.74 Å². The fourth-order valence-electron chi connectivity index (χ4n) is 1.86. The molecule has 2 aliphatic rings. The maximum Gasteiger partial charge on any atom is 0.115 e. The van der Waals surface area contributed by atoms with Gasteiger partial charge in [-0.3, -0.25) is 4.99 Å². The molecule has 0 aromatic rings. The molecule has 1 aliphatic carbocycles. The molecule has 0 amide bonds. The molecule has 0 spiro atoms. The van der Waals surface area contributed by atoms with E-state index in [2.05, 4.69) is 16.4 Å². The molecule has 1 heterocycles. The van der Waals surface area contributed by atoms with E-state index in [1.54, 1.807) is 7.11 Å². The Balaban J connectivity index is 2.09. The number of allylic oxidation sites excluding steroid dienone is 3. The Bertz CT molecular complexity index is 364. The molecule has 0 saturated heterocycles. The molecular formula is C12H16N2O. The number of fused-ring (bicyclic) bond motifs is 1. The lowest BCUT2D eigenvalue weighted by atomic mass is 9.90. The van der Waals surface area contributed by atoms with Crippen molar-refractivity contribution in [1.82, 2.24) is 5.32 Å². The summed E-state index contributed by atoms with van der Waals surface area (Å²) in [6.07, 6.45) is 9.15. The Morgan fingerprint density at radius 1 is 1.47 bits per heavy atom. The Hall–Kier alpha value is -1.35. The number of hydrogen-bond acceptors (Lipinski definition) is 3. The fourth-order valence-corrected chi connectivity index (χ4v) is 1.86. The van der Waals surface area contributed by atoms with Gasteiger partial charge in [-0.2, -0.15) is 0 Å². The van der Waals surface area contributed by atoms with Crippen molar-refractivity contribution < 1.29 is 4.74 Å². The molecule has 0 aromatic carbocycles. The summed E-state index contributed by atoms with van der Waals surface area (Å²) in [5.41, 5.74) is 2.49. The molecule has 1 N–H and O–H groups in total. The summed E-state index contributed by atoms with van der Waals surface area (Å²) in [5, 5.41) is 3.15. The summed E-state index contributed by atoms with van der Waals surface area (Å²) in [6.45, 7) is 0.991. The van der Waals surface area contributed by atoms with Crippen LogP contribution in [0.2, 0.25) is 0 Å². The van der Waals surface area contributed by atoms with E-state index < -0.39 is 0 Å². The lowest BCUT2D eigenvalue weighted by Crippen LogP contribution is -2.16. The van der Waals surface area contributed by atoms with Gasteiger partial charge >= 0.3 is 0 Å². The third-order valence-corrected chi connectivity index (χ3v) is 2.75. The molecule has 1 unspecified atom stereocenters. The zero-order valence-corrected chi connectivity index (χ0v) is 9.16. The van der Waals surface area contributed by atoms with Gasteiger partial charge < -0.3 is 10.1 Å². The minimum Gasteiger partial charge on any atom is -0.497 e. The molecule has 2 rings (SSSR count). The molecule has 0 bridgehead atoms. The molecule has 1 atom stereocenters. The smallest absolute Gasteiger partial charge is 0.115 e. The number of methoxy groups -OCH3 is 1. The quantitative estimate of drug-likeness (QED) is 0.755. The highest BCUT2D eigenvalue weighted by molar-refractivity contribution is 6.03. The lowest BCUT2D eigenvalue weighted by Gasteiger charge is -2.16. The van der Waals surface area contributed by atoms with Crippen molar-refractivity contribution in [2.45, 2.75) is 6.42 Å². The first kappa shape index (κ1) is 10.2. The van der Waals surface area contributed by atoms with Gasteiger partial charge in [-0.1, -0.05) is 0 Å². The van der Waals surface area contributed by atoms with Crippen LogP contribution < -0.4 is 5.32 Å². The summed E-state index contributed by atoms with van der Waals surface area (Å²) in [4.78, 5) is 4.40. The van der Waals surface area contributed by atoms with Gasteiger partial charge in [0.05, 0.1) is 12.8 Å². The summed E-state index contributed by atoms with van der Waals surface area (Å²) in [5.74, 6) is 1.26. The second-order valence-electron chi connectivity index (χ2n) is 3.70. The standard InChI is InChI=1S/C12H16N2O/c1-13-6-5-9-8-14-12-4-3-10(15-2)7-11(9)12/h3-4,7-8,11,13H,5-6H2,1-2H3. The second-order valence-corrected chi connectivity index (χ2v) is 3.70. The first-order valence-corrected chi connectivity index (χ1v) is 5.20. The third kappa shape index (κ3) is 2.02. The number of nitrogens with zero attached hydrogens (tertiary/aromatic N) is 1. The Morgan fingerprint density at radius 3 is 3.07 bits per heavy atom. The van der Waals surface area contributed by atoms with Crippen LogP contribution in [0.5, 0.6) is 0 Å². The van der Waals surface area contributed by atoms with E-state index >= 15 is 0 Å². The van der Waals surface area contributed by atoms with Gasteiger partial charge in [-0.15, -0.1) is 0 Å². The van der Waals surface area contributed by atoms with E-state index in [0.717, 1.165) is 24.4 Å². The van der Waals surface area contributed by atoms with Crippen molar-refractivity contribution in [3.8, 4) is 0 Å². The Labute approximate surface area is 90.2 Å². The van der Waals surface area contributed by atoms with Crippen LogP contribution in [-0.4, -0.2) is 26.4 Å². The van der Waals surface area contributed by atoms with Crippen molar-refractivity contribution in [1.29, 1.82) is 0 Å². The number of aliphatic imine (C=N–C) groups is 1. The molecule has 0 saturated carbocycles. The minimum absolute atomic E-state index is 0.332. The average molecular weight is 204 g/mol. The first-order valence-electron chi connectivity index (χ1n) is 5.20. The van der Waals surface area contributed by atoms with Crippen LogP contribution in [0.25, 0.3) is 0 Å². The zero-order valence-electron chi connectivity index (χ0n) is 9.16. The molecule has 0 fully saturated rings. The number of rotatable bonds is 4. The third-order valence-electron chi connectivity index (χ3n) is 2.75. The molecule has 15 heavy (non-hydrogen) atoms. The van der Waals surface area contributed by atoms with E-state index in [-0.39, 0.29) is 0 Å². The summed E-state index contributed by atoms with van der Waals surface area (Å²) in [6, 6.07) is 0. The summed E-state index contributed by atoms with van der Waals surface area (Å²) in [7, 11) is 3.67. The van der Waals surface area contributed by atoms with Crippen LogP contribution in [0.1, 0.15) is 6.42 Å². The van der Waals surface area contributed by atoms with Gasteiger partial charge in [0, 0.05) is 12.1 Å². The highest BCUT2D eigenvalue weighted by atomic mass is 16.5. The Morgan fingerprint density at radius 2 is 2.33 bits per heavy atom. The normalized spacial score (nSPS) is 23.1. The van der Waals surface area contributed by atoms with Crippen molar-refractivity contribution >= 4 is 5.71 Å².